The molecule has 0 unspecified atom stereocenters. The molecule has 2 aromatic rings. The molecule has 1 amide bonds. The minimum Gasteiger partial charge on any atom is -0.388 e. The molecule has 98 valence electrons. The summed E-state index contributed by atoms with van der Waals surface area (Å²) in [6.45, 7) is 0. The lowest BCUT2D eigenvalue weighted by Crippen LogP contribution is -2.12. The summed E-state index contributed by atoms with van der Waals surface area (Å²) < 4.78 is 13.8. The van der Waals surface area contributed by atoms with Gasteiger partial charge in [-0.3, -0.25) is 4.79 Å². The van der Waals surface area contributed by atoms with Crippen LogP contribution in [0.1, 0.15) is 10.4 Å². The van der Waals surface area contributed by atoms with Crippen LogP contribution in [0.5, 0.6) is 0 Å². The van der Waals surface area contributed by atoms with Gasteiger partial charge in [0.25, 0.3) is 5.91 Å². The van der Waals surface area contributed by atoms with Crippen LogP contribution in [0.4, 0.5) is 15.8 Å². The Bertz CT molecular complexity index is 599. The Labute approximate surface area is 119 Å². The van der Waals surface area contributed by atoms with Crippen molar-refractivity contribution in [2.45, 2.75) is 0 Å². The Morgan fingerprint density at radius 1 is 1.16 bits per heavy atom. The lowest BCUT2D eigenvalue weighted by molar-refractivity contribution is 0.102. The van der Waals surface area contributed by atoms with Crippen molar-refractivity contribution >= 4 is 33.2 Å². The molecule has 0 aromatic heterocycles. The number of nitrogens with one attached hydrogen (secondary N) is 2. The first kappa shape index (κ1) is 13.5. The van der Waals surface area contributed by atoms with Crippen molar-refractivity contribution in [1.29, 1.82) is 0 Å². The number of hydrogen-bond acceptors (Lipinski definition) is 2. The van der Waals surface area contributed by atoms with Gasteiger partial charge >= 0.3 is 0 Å². The average Bonchev–Trinajstić information content (AvgIpc) is 2.43. The van der Waals surface area contributed by atoms with E-state index in [0.29, 0.717) is 15.7 Å². The highest BCUT2D eigenvalue weighted by Crippen LogP contribution is 2.23. The molecule has 0 fully saturated rings. The molecule has 5 heteroatoms. The molecule has 2 aromatic carbocycles. The number of carbonyl (C=O) groups excluding carboxylic acids is 1. The second-order valence-electron chi connectivity index (χ2n) is 3.91. The van der Waals surface area contributed by atoms with Gasteiger partial charge in [-0.15, -0.1) is 0 Å². The fraction of sp³-hybridized carbons (Fsp3) is 0.0714. The van der Waals surface area contributed by atoms with Gasteiger partial charge in [0.05, 0.1) is 5.69 Å². The summed E-state index contributed by atoms with van der Waals surface area (Å²) in [5.41, 5.74) is 1.83. The summed E-state index contributed by atoms with van der Waals surface area (Å²) in [5, 5.41) is 5.63. The van der Waals surface area contributed by atoms with Gasteiger partial charge in [0.2, 0.25) is 0 Å². The first-order chi connectivity index (χ1) is 9.10. The highest BCUT2D eigenvalue weighted by Gasteiger charge is 2.09. The van der Waals surface area contributed by atoms with Gasteiger partial charge in [-0.25, -0.2) is 4.39 Å². The van der Waals surface area contributed by atoms with Crippen molar-refractivity contribution in [3.05, 3.63) is 58.3 Å². The molecule has 0 aliphatic carbocycles. The van der Waals surface area contributed by atoms with E-state index in [1.165, 1.54) is 12.1 Å². The van der Waals surface area contributed by atoms with Crippen LogP contribution in [-0.4, -0.2) is 13.0 Å². The lowest BCUT2D eigenvalue weighted by Gasteiger charge is -2.08. The molecule has 0 atom stereocenters. The summed E-state index contributed by atoms with van der Waals surface area (Å²) in [5.74, 6) is -0.682. The Morgan fingerprint density at radius 2 is 1.84 bits per heavy atom. The van der Waals surface area contributed by atoms with Crippen LogP contribution in [0.25, 0.3) is 0 Å². The normalized spacial score (nSPS) is 10.1. The van der Waals surface area contributed by atoms with Crippen LogP contribution in [0.3, 0.4) is 0 Å². The van der Waals surface area contributed by atoms with Crippen LogP contribution in [-0.2, 0) is 0 Å². The van der Waals surface area contributed by atoms with Crippen molar-refractivity contribution < 1.29 is 9.18 Å². The van der Waals surface area contributed by atoms with E-state index in [9.17, 15) is 9.18 Å². The first-order valence-corrected chi connectivity index (χ1v) is 6.43. The highest BCUT2D eigenvalue weighted by atomic mass is 79.9. The zero-order chi connectivity index (χ0) is 13.8. The number of carbonyl (C=O) groups is 1. The molecule has 0 spiro atoms. The molecule has 2 rings (SSSR count). The molecular weight excluding hydrogens is 311 g/mol. The molecular formula is C14H12BrFN2O. The number of benzene rings is 2. The van der Waals surface area contributed by atoms with Gasteiger partial charge in [-0.05, 0) is 58.4 Å². The van der Waals surface area contributed by atoms with Crippen molar-refractivity contribution in [3.8, 4) is 0 Å². The van der Waals surface area contributed by atoms with Gasteiger partial charge in [0.15, 0.2) is 0 Å². The van der Waals surface area contributed by atoms with E-state index >= 15 is 0 Å². The summed E-state index contributed by atoms with van der Waals surface area (Å²) in [4.78, 5) is 12.0. The third-order valence-electron chi connectivity index (χ3n) is 2.61. The number of hydrogen-bond donors (Lipinski definition) is 2. The molecule has 2 N–H and O–H groups in total. The van der Waals surface area contributed by atoms with Crippen LogP contribution in [0.2, 0.25) is 0 Å². The Balaban J connectivity index is 2.18. The van der Waals surface area contributed by atoms with Crippen molar-refractivity contribution in [2.24, 2.45) is 0 Å². The zero-order valence-corrected chi connectivity index (χ0v) is 11.8. The third-order valence-corrected chi connectivity index (χ3v) is 3.30. The largest absolute Gasteiger partial charge is 0.388 e. The maximum atomic E-state index is 13.1. The zero-order valence-electron chi connectivity index (χ0n) is 10.2. The maximum absolute atomic E-state index is 13.1. The Kier molecular flexibility index (Phi) is 4.16. The smallest absolute Gasteiger partial charge is 0.255 e. The van der Waals surface area contributed by atoms with E-state index in [1.807, 2.05) is 0 Å². The van der Waals surface area contributed by atoms with E-state index in [4.69, 9.17) is 0 Å². The van der Waals surface area contributed by atoms with E-state index in [1.54, 1.807) is 37.4 Å². The minimum atomic E-state index is -0.399. The van der Waals surface area contributed by atoms with Crippen molar-refractivity contribution in [2.75, 3.05) is 17.7 Å². The maximum Gasteiger partial charge on any atom is 0.255 e. The SMILES string of the molecule is CNc1ccc(C(=O)Nc2cc(F)ccc2Br)cc1. The van der Waals surface area contributed by atoms with Crippen LogP contribution >= 0.6 is 15.9 Å². The van der Waals surface area contributed by atoms with Gasteiger partial charge in [-0.2, -0.15) is 0 Å². The number of halogens is 2. The minimum absolute atomic E-state index is 0.283. The summed E-state index contributed by atoms with van der Waals surface area (Å²) in [7, 11) is 1.80. The van der Waals surface area contributed by atoms with Crippen molar-refractivity contribution in [3.63, 3.8) is 0 Å². The quantitative estimate of drug-likeness (QED) is 0.900. The molecule has 0 saturated heterocycles. The predicted octanol–water partition coefficient (Wildman–Crippen LogP) is 3.88. The van der Waals surface area contributed by atoms with Gasteiger partial charge < -0.3 is 10.6 Å². The molecule has 3 nitrogen and oxygen atoms in total. The molecule has 19 heavy (non-hydrogen) atoms. The van der Waals surface area contributed by atoms with E-state index < -0.39 is 5.82 Å². The fourth-order valence-electron chi connectivity index (χ4n) is 1.58. The third kappa shape index (κ3) is 3.32. The molecule has 0 aliphatic rings. The number of anilines is 2. The monoisotopic (exact) mass is 322 g/mol. The topological polar surface area (TPSA) is 41.1 Å². The van der Waals surface area contributed by atoms with E-state index in [2.05, 4.69) is 26.6 Å². The van der Waals surface area contributed by atoms with E-state index in [-0.39, 0.29) is 5.91 Å². The Morgan fingerprint density at radius 3 is 2.47 bits per heavy atom. The van der Waals surface area contributed by atoms with E-state index in [0.717, 1.165) is 5.69 Å². The molecule has 0 saturated carbocycles. The van der Waals surface area contributed by atoms with Gasteiger partial charge in [0.1, 0.15) is 5.82 Å². The second-order valence-corrected chi connectivity index (χ2v) is 4.76. The first-order valence-electron chi connectivity index (χ1n) is 5.64. The fourth-order valence-corrected chi connectivity index (χ4v) is 1.92. The highest BCUT2D eigenvalue weighted by molar-refractivity contribution is 9.10. The lowest BCUT2D eigenvalue weighted by atomic mass is 10.2. The van der Waals surface area contributed by atoms with Gasteiger partial charge in [0, 0.05) is 22.8 Å². The standard InChI is InChI=1S/C14H12BrFN2O/c1-17-11-5-2-9(3-6-11)14(19)18-13-8-10(16)4-7-12(13)15/h2-8,17H,1H3,(H,18,19). The molecule has 0 heterocycles. The second kappa shape index (κ2) is 5.84. The van der Waals surface area contributed by atoms with Crippen LogP contribution in [0.15, 0.2) is 46.9 Å². The summed E-state index contributed by atoms with van der Waals surface area (Å²) in [6.07, 6.45) is 0. The number of amides is 1. The summed E-state index contributed by atoms with van der Waals surface area (Å²) >= 11 is 3.26. The average molecular weight is 323 g/mol. The molecule has 0 radical (unpaired) electrons. The summed E-state index contributed by atoms with van der Waals surface area (Å²) in [6, 6.07) is 11.1. The number of rotatable bonds is 3. The Hall–Kier alpha value is -1.88. The van der Waals surface area contributed by atoms with Gasteiger partial charge in [-0.1, -0.05) is 0 Å². The van der Waals surface area contributed by atoms with Crippen LogP contribution in [0, 0.1) is 5.82 Å². The molecule has 0 aliphatic heterocycles. The van der Waals surface area contributed by atoms with Crippen LogP contribution < -0.4 is 10.6 Å². The predicted molar refractivity (Wildman–Crippen MR) is 78.0 cm³/mol. The van der Waals surface area contributed by atoms with Crippen molar-refractivity contribution in [1.82, 2.24) is 0 Å². The molecule has 0 bridgehead atoms.